The molecular weight excluding hydrogens is 291 g/mol. The maximum Gasteiger partial charge on any atom is 0.255 e. The zero-order chi connectivity index (χ0) is 15.4. The average molecular weight is 303 g/mol. The monoisotopic (exact) mass is 302 g/mol. The molecule has 2 aromatic rings. The second-order valence-electron chi connectivity index (χ2n) is 4.53. The maximum atomic E-state index is 13.7. The number of nitrogens with zero attached hydrogens (tertiary/aromatic N) is 1. The summed E-state index contributed by atoms with van der Waals surface area (Å²) in [5, 5.41) is 11.5. The molecule has 106 valence electrons. The number of nitriles is 1. The Bertz CT molecular complexity index is 738. The second kappa shape index (κ2) is 6.38. The van der Waals surface area contributed by atoms with Crippen molar-refractivity contribution in [3.8, 4) is 6.07 Å². The van der Waals surface area contributed by atoms with Crippen LogP contribution >= 0.6 is 11.6 Å². The molecule has 0 unspecified atom stereocenters. The van der Waals surface area contributed by atoms with E-state index >= 15 is 0 Å². The molecule has 5 heteroatoms. The van der Waals surface area contributed by atoms with Gasteiger partial charge in [0.05, 0.1) is 11.6 Å². The molecule has 0 bridgehead atoms. The fourth-order valence-corrected chi connectivity index (χ4v) is 2.03. The first kappa shape index (κ1) is 15.0. The maximum absolute atomic E-state index is 13.7. The Morgan fingerprint density at radius 3 is 2.81 bits per heavy atom. The predicted octanol–water partition coefficient (Wildman–Crippen LogP) is 4.00. The van der Waals surface area contributed by atoms with E-state index in [0.717, 1.165) is 11.6 Å². The topological polar surface area (TPSA) is 52.9 Å². The van der Waals surface area contributed by atoms with Crippen LogP contribution in [0, 0.1) is 24.1 Å². The van der Waals surface area contributed by atoms with E-state index in [9.17, 15) is 9.18 Å². The molecule has 0 saturated carbocycles. The summed E-state index contributed by atoms with van der Waals surface area (Å²) >= 11 is 5.73. The molecule has 3 nitrogen and oxygen atoms in total. The third kappa shape index (κ3) is 3.39. The Kier molecular flexibility index (Phi) is 4.56. The highest BCUT2D eigenvalue weighted by molar-refractivity contribution is 6.17. The molecule has 0 aromatic heterocycles. The summed E-state index contributed by atoms with van der Waals surface area (Å²) in [7, 11) is 0. The summed E-state index contributed by atoms with van der Waals surface area (Å²) in [4.78, 5) is 12.2. The van der Waals surface area contributed by atoms with E-state index in [-0.39, 0.29) is 22.7 Å². The lowest BCUT2D eigenvalue weighted by molar-refractivity contribution is 0.102. The minimum absolute atomic E-state index is 0.155. The van der Waals surface area contributed by atoms with Gasteiger partial charge in [0.1, 0.15) is 5.82 Å². The van der Waals surface area contributed by atoms with Crippen molar-refractivity contribution in [2.45, 2.75) is 12.8 Å². The standard InChI is InChI=1S/C16H12ClFN2O/c1-10-14(18)6-12(9-19)7-15(10)20-16(21)13-4-2-3-11(5-13)8-17/h2-7H,8H2,1H3,(H,20,21). The van der Waals surface area contributed by atoms with Crippen molar-refractivity contribution in [1.82, 2.24) is 0 Å². The van der Waals surface area contributed by atoms with Gasteiger partial charge in [-0.05, 0) is 36.8 Å². The van der Waals surface area contributed by atoms with E-state index in [4.69, 9.17) is 16.9 Å². The summed E-state index contributed by atoms with van der Waals surface area (Å²) in [6.45, 7) is 1.54. The molecule has 0 radical (unpaired) electrons. The average Bonchev–Trinajstić information content (AvgIpc) is 2.51. The highest BCUT2D eigenvalue weighted by Crippen LogP contribution is 2.21. The smallest absolute Gasteiger partial charge is 0.255 e. The Morgan fingerprint density at radius 1 is 1.38 bits per heavy atom. The number of benzene rings is 2. The lowest BCUT2D eigenvalue weighted by atomic mass is 10.1. The van der Waals surface area contributed by atoms with Gasteiger partial charge in [0.15, 0.2) is 0 Å². The predicted molar refractivity (Wildman–Crippen MR) is 79.8 cm³/mol. The van der Waals surface area contributed by atoms with Gasteiger partial charge in [-0.25, -0.2) is 4.39 Å². The second-order valence-corrected chi connectivity index (χ2v) is 4.80. The van der Waals surface area contributed by atoms with Crippen molar-refractivity contribution in [3.63, 3.8) is 0 Å². The Morgan fingerprint density at radius 2 is 2.14 bits per heavy atom. The quantitative estimate of drug-likeness (QED) is 0.871. The first-order chi connectivity index (χ1) is 10.0. The van der Waals surface area contributed by atoms with Gasteiger partial charge in [-0.15, -0.1) is 11.6 Å². The molecule has 0 aliphatic carbocycles. The van der Waals surface area contributed by atoms with Crippen LogP contribution in [0.2, 0.25) is 0 Å². The SMILES string of the molecule is Cc1c(F)cc(C#N)cc1NC(=O)c1cccc(CCl)c1. The molecule has 2 rings (SSSR count). The zero-order valence-electron chi connectivity index (χ0n) is 11.3. The number of carbonyl (C=O) groups excluding carboxylic acids is 1. The van der Waals surface area contributed by atoms with Crippen molar-refractivity contribution in [2.75, 3.05) is 5.32 Å². The van der Waals surface area contributed by atoms with E-state index < -0.39 is 5.82 Å². The number of halogens is 2. The van der Waals surface area contributed by atoms with Gasteiger partial charge in [0.25, 0.3) is 5.91 Å². The summed E-state index contributed by atoms with van der Waals surface area (Å²) in [6, 6.07) is 11.3. The summed E-state index contributed by atoms with van der Waals surface area (Å²) in [5.74, 6) is -0.600. The van der Waals surface area contributed by atoms with Crippen molar-refractivity contribution < 1.29 is 9.18 Å². The molecule has 0 aliphatic rings. The van der Waals surface area contributed by atoms with Crippen molar-refractivity contribution in [1.29, 1.82) is 5.26 Å². The van der Waals surface area contributed by atoms with Gasteiger partial charge in [-0.1, -0.05) is 12.1 Å². The number of rotatable bonds is 3. The van der Waals surface area contributed by atoms with Gasteiger partial charge >= 0.3 is 0 Å². The molecule has 0 fully saturated rings. The van der Waals surface area contributed by atoms with Crippen LogP contribution in [0.3, 0.4) is 0 Å². The molecule has 0 atom stereocenters. The summed E-state index contributed by atoms with van der Waals surface area (Å²) in [6.07, 6.45) is 0. The number of amides is 1. The van der Waals surface area contributed by atoms with Gasteiger partial charge in [0, 0.05) is 22.7 Å². The molecule has 0 heterocycles. The fraction of sp³-hybridized carbons (Fsp3) is 0.125. The molecule has 2 aromatic carbocycles. The Labute approximate surface area is 127 Å². The molecule has 0 aliphatic heterocycles. The number of hydrogen-bond acceptors (Lipinski definition) is 2. The van der Waals surface area contributed by atoms with Gasteiger partial charge < -0.3 is 5.32 Å². The van der Waals surface area contributed by atoms with Gasteiger partial charge in [-0.3, -0.25) is 4.79 Å². The van der Waals surface area contributed by atoms with Crippen LogP contribution in [0.15, 0.2) is 36.4 Å². The van der Waals surface area contributed by atoms with Gasteiger partial charge in [-0.2, -0.15) is 5.26 Å². The number of hydrogen-bond donors (Lipinski definition) is 1. The largest absolute Gasteiger partial charge is 0.322 e. The van der Waals surface area contributed by atoms with E-state index in [1.165, 1.54) is 6.07 Å². The first-order valence-electron chi connectivity index (χ1n) is 6.21. The number of anilines is 1. The van der Waals surface area contributed by atoms with E-state index in [2.05, 4.69) is 5.32 Å². The van der Waals surface area contributed by atoms with Crippen LogP contribution in [-0.2, 0) is 5.88 Å². The Hall–Kier alpha value is -2.38. The van der Waals surface area contributed by atoms with Crippen LogP contribution in [0.4, 0.5) is 10.1 Å². The number of nitrogens with one attached hydrogen (secondary N) is 1. The minimum Gasteiger partial charge on any atom is -0.322 e. The van der Waals surface area contributed by atoms with Gasteiger partial charge in [0.2, 0.25) is 0 Å². The fourth-order valence-electron chi connectivity index (χ4n) is 1.86. The van der Waals surface area contributed by atoms with Crippen molar-refractivity contribution in [2.24, 2.45) is 0 Å². The first-order valence-corrected chi connectivity index (χ1v) is 6.75. The molecular formula is C16H12ClFN2O. The molecule has 1 N–H and O–H groups in total. The molecule has 21 heavy (non-hydrogen) atoms. The van der Waals surface area contributed by atoms with E-state index in [1.54, 1.807) is 25.1 Å². The molecule has 1 amide bonds. The zero-order valence-corrected chi connectivity index (χ0v) is 12.0. The summed E-state index contributed by atoms with van der Waals surface area (Å²) < 4.78 is 13.7. The lowest BCUT2D eigenvalue weighted by Gasteiger charge is -2.10. The number of carbonyl (C=O) groups is 1. The van der Waals surface area contributed by atoms with E-state index in [0.29, 0.717) is 11.4 Å². The van der Waals surface area contributed by atoms with Crippen LogP contribution in [-0.4, -0.2) is 5.91 Å². The normalized spacial score (nSPS) is 10.0. The Balaban J connectivity index is 2.31. The highest BCUT2D eigenvalue weighted by atomic mass is 35.5. The molecule has 0 saturated heterocycles. The third-order valence-corrected chi connectivity index (χ3v) is 3.37. The van der Waals surface area contributed by atoms with Crippen LogP contribution in [0.25, 0.3) is 0 Å². The van der Waals surface area contributed by atoms with E-state index in [1.807, 2.05) is 12.1 Å². The third-order valence-electron chi connectivity index (χ3n) is 3.07. The minimum atomic E-state index is -0.529. The van der Waals surface area contributed by atoms with Crippen LogP contribution in [0.5, 0.6) is 0 Å². The van der Waals surface area contributed by atoms with Crippen LogP contribution in [0.1, 0.15) is 27.0 Å². The highest BCUT2D eigenvalue weighted by Gasteiger charge is 2.12. The van der Waals surface area contributed by atoms with Crippen molar-refractivity contribution >= 4 is 23.2 Å². The van der Waals surface area contributed by atoms with Crippen molar-refractivity contribution in [3.05, 3.63) is 64.5 Å². The number of alkyl halides is 1. The molecule has 0 spiro atoms. The van der Waals surface area contributed by atoms with Crippen LogP contribution < -0.4 is 5.32 Å². The lowest BCUT2D eigenvalue weighted by Crippen LogP contribution is -2.13. The summed E-state index contributed by atoms with van der Waals surface area (Å²) in [5.41, 5.74) is 1.97.